The highest BCUT2D eigenvalue weighted by atomic mass is 16.5. The smallest absolute Gasteiger partial charge is 0.323 e. The summed E-state index contributed by atoms with van der Waals surface area (Å²) in [6.07, 6.45) is 11.8. The average Bonchev–Trinajstić information content (AvgIpc) is 2.55. The van der Waals surface area contributed by atoms with Crippen molar-refractivity contribution in [3.8, 4) is 0 Å². The Morgan fingerprint density at radius 2 is 1.95 bits per heavy atom. The van der Waals surface area contributed by atoms with Crippen LogP contribution in [0.2, 0.25) is 0 Å². The van der Waals surface area contributed by atoms with Crippen LogP contribution in [-0.2, 0) is 14.3 Å². The molecule has 4 nitrogen and oxygen atoms in total. The Morgan fingerprint density at radius 1 is 1.14 bits per heavy atom. The van der Waals surface area contributed by atoms with Crippen LogP contribution in [0, 0.1) is 0 Å². The molecule has 3 fully saturated rings. The quantitative estimate of drug-likeness (QED) is 0.734. The zero-order valence-corrected chi connectivity index (χ0v) is 13.3. The van der Waals surface area contributed by atoms with Crippen molar-refractivity contribution < 1.29 is 14.3 Å². The molecule has 3 rings (SSSR count). The summed E-state index contributed by atoms with van der Waals surface area (Å²) in [6, 6.07) is 0.480. The van der Waals surface area contributed by atoms with E-state index >= 15 is 0 Å². The number of nitrogens with zero attached hydrogens (tertiary/aromatic N) is 1. The van der Waals surface area contributed by atoms with Gasteiger partial charge in [-0.1, -0.05) is 25.7 Å². The van der Waals surface area contributed by atoms with Crippen LogP contribution in [-0.4, -0.2) is 48.8 Å². The highest BCUT2D eigenvalue weighted by Gasteiger charge is 2.43. The Balaban J connectivity index is 1.70. The fourth-order valence-corrected chi connectivity index (χ4v) is 4.61. The van der Waals surface area contributed by atoms with Crippen molar-refractivity contribution in [2.75, 3.05) is 20.3 Å². The lowest BCUT2D eigenvalue weighted by molar-refractivity contribution is -0.157. The van der Waals surface area contributed by atoms with Crippen LogP contribution in [0.3, 0.4) is 0 Å². The number of esters is 1. The van der Waals surface area contributed by atoms with Crippen LogP contribution in [0.1, 0.15) is 64.2 Å². The third-order valence-electron chi connectivity index (χ3n) is 5.72. The highest BCUT2D eigenvalue weighted by Crippen LogP contribution is 2.41. The van der Waals surface area contributed by atoms with E-state index in [9.17, 15) is 4.79 Å². The Hall–Kier alpha value is -0.610. The molecule has 2 heterocycles. The van der Waals surface area contributed by atoms with Crippen molar-refractivity contribution >= 4 is 5.97 Å². The van der Waals surface area contributed by atoms with E-state index in [1.54, 1.807) is 0 Å². The van der Waals surface area contributed by atoms with Crippen molar-refractivity contribution in [3.05, 3.63) is 0 Å². The second-order valence-electron chi connectivity index (χ2n) is 7.01. The molecular weight excluding hydrogens is 266 g/mol. The Morgan fingerprint density at radius 3 is 2.71 bits per heavy atom. The lowest BCUT2D eigenvalue weighted by Crippen LogP contribution is -2.56. The Kier molecular flexibility index (Phi) is 4.85. The van der Waals surface area contributed by atoms with Crippen LogP contribution in [0.4, 0.5) is 0 Å². The average molecular weight is 295 g/mol. The first-order valence-electron chi connectivity index (χ1n) is 8.72. The van der Waals surface area contributed by atoms with Gasteiger partial charge in [0.2, 0.25) is 0 Å². The topological polar surface area (TPSA) is 38.8 Å². The zero-order chi connectivity index (χ0) is 14.7. The van der Waals surface area contributed by atoms with Gasteiger partial charge in [0.1, 0.15) is 6.04 Å². The summed E-state index contributed by atoms with van der Waals surface area (Å²) in [7, 11) is 1.52. The summed E-state index contributed by atoms with van der Waals surface area (Å²) in [5, 5.41) is 0. The van der Waals surface area contributed by atoms with Gasteiger partial charge in [0.05, 0.1) is 12.7 Å². The van der Waals surface area contributed by atoms with E-state index < -0.39 is 0 Å². The molecule has 0 radical (unpaired) electrons. The van der Waals surface area contributed by atoms with Gasteiger partial charge in [0, 0.05) is 12.6 Å². The molecule has 0 aromatic heterocycles. The first-order chi connectivity index (χ1) is 10.2. The van der Waals surface area contributed by atoms with E-state index in [0.717, 1.165) is 38.8 Å². The maximum atomic E-state index is 12.1. The zero-order valence-electron chi connectivity index (χ0n) is 13.3. The minimum Gasteiger partial charge on any atom is -0.468 e. The maximum Gasteiger partial charge on any atom is 0.323 e. The molecule has 2 aliphatic heterocycles. The summed E-state index contributed by atoms with van der Waals surface area (Å²) in [5.41, 5.74) is 0.110. The number of likely N-dealkylation sites (tertiary alicyclic amines) is 1. The highest BCUT2D eigenvalue weighted by molar-refractivity contribution is 5.75. The van der Waals surface area contributed by atoms with E-state index in [1.165, 1.54) is 45.6 Å². The normalized spacial score (nSPS) is 33.8. The molecule has 0 aromatic rings. The van der Waals surface area contributed by atoms with Gasteiger partial charge < -0.3 is 9.47 Å². The van der Waals surface area contributed by atoms with Crippen molar-refractivity contribution in [2.24, 2.45) is 0 Å². The van der Waals surface area contributed by atoms with Gasteiger partial charge in [-0.15, -0.1) is 0 Å². The molecular formula is C17H29NO3. The second-order valence-corrected chi connectivity index (χ2v) is 7.01. The Labute approximate surface area is 128 Å². The van der Waals surface area contributed by atoms with Crippen LogP contribution >= 0.6 is 0 Å². The van der Waals surface area contributed by atoms with Crippen molar-refractivity contribution in [1.29, 1.82) is 0 Å². The molecule has 2 saturated heterocycles. The van der Waals surface area contributed by atoms with Gasteiger partial charge in [0.15, 0.2) is 0 Å². The van der Waals surface area contributed by atoms with Gasteiger partial charge in [-0.3, -0.25) is 9.69 Å². The van der Waals surface area contributed by atoms with E-state index in [2.05, 4.69) is 4.90 Å². The number of rotatable bonds is 2. The third kappa shape index (κ3) is 3.26. The summed E-state index contributed by atoms with van der Waals surface area (Å²) in [6.45, 7) is 1.90. The molecule has 1 aliphatic carbocycles. The third-order valence-corrected chi connectivity index (χ3v) is 5.72. The van der Waals surface area contributed by atoms with Gasteiger partial charge in [0.25, 0.3) is 0 Å². The molecule has 1 spiro atoms. The molecule has 0 bridgehead atoms. The lowest BCUT2D eigenvalue weighted by atomic mass is 9.77. The number of piperidine rings is 1. The predicted octanol–water partition coefficient (Wildman–Crippen LogP) is 2.90. The number of methoxy groups -OCH3 is 1. The number of hydrogen-bond donors (Lipinski definition) is 0. The van der Waals surface area contributed by atoms with E-state index in [-0.39, 0.29) is 17.6 Å². The predicted molar refractivity (Wildman–Crippen MR) is 81.2 cm³/mol. The van der Waals surface area contributed by atoms with Crippen molar-refractivity contribution in [3.63, 3.8) is 0 Å². The molecule has 120 valence electrons. The largest absolute Gasteiger partial charge is 0.468 e. The summed E-state index contributed by atoms with van der Waals surface area (Å²) in [5.74, 6) is -0.0427. The molecule has 2 atom stereocenters. The fraction of sp³-hybridized carbons (Fsp3) is 0.941. The summed E-state index contributed by atoms with van der Waals surface area (Å²) < 4.78 is 11.2. The van der Waals surface area contributed by atoms with Crippen LogP contribution in [0.5, 0.6) is 0 Å². The van der Waals surface area contributed by atoms with Gasteiger partial charge in [-0.25, -0.2) is 0 Å². The first kappa shape index (κ1) is 15.3. The van der Waals surface area contributed by atoms with Gasteiger partial charge in [-0.2, -0.15) is 0 Å². The molecule has 4 heteroatoms. The fourth-order valence-electron chi connectivity index (χ4n) is 4.61. The SMILES string of the molecule is COC(=O)C1CCCCN1C1CCOC2(CCCCC2)C1. The summed E-state index contributed by atoms with van der Waals surface area (Å²) in [4.78, 5) is 14.5. The van der Waals surface area contributed by atoms with Crippen LogP contribution in [0.15, 0.2) is 0 Å². The molecule has 21 heavy (non-hydrogen) atoms. The second kappa shape index (κ2) is 6.66. The van der Waals surface area contributed by atoms with E-state index in [4.69, 9.17) is 9.47 Å². The minimum absolute atomic E-state index is 0.0208. The molecule has 1 saturated carbocycles. The van der Waals surface area contributed by atoms with Crippen molar-refractivity contribution in [1.82, 2.24) is 4.90 Å². The number of ether oxygens (including phenoxy) is 2. The molecule has 3 aliphatic rings. The number of carbonyl (C=O) groups is 1. The van der Waals surface area contributed by atoms with E-state index in [1.807, 2.05) is 0 Å². The number of carbonyl (C=O) groups excluding carboxylic acids is 1. The lowest BCUT2D eigenvalue weighted by Gasteiger charge is -2.49. The molecule has 0 aromatic carbocycles. The van der Waals surface area contributed by atoms with Gasteiger partial charge in [-0.05, 0) is 45.1 Å². The van der Waals surface area contributed by atoms with Gasteiger partial charge >= 0.3 is 5.97 Å². The first-order valence-corrected chi connectivity index (χ1v) is 8.72. The van der Waals surface area contributed by atoms with E-state index in [0.29, 0.717) is 6.04 Å². The molecule has 0 amide bonds. The molecule has 2 unspecified atom stereocenters. The molecule has 0 N–H and O–H groups in total. The maximum absolute atomic E-state index is 12.1. The van der Waals surface area contributed by atoms with Crippen LogP contribution in [0.25, 0.3) is 0 Å². The minimum atomic E-state index is -0.0427. The summed E-state index contributed by atoms with van der Waals surface area (Å²) >= 11 is 0. The Bertz CT molecular complexity index is 360. The standard InChI is InChI=1S/C17H29NO3/c1-20-16(19)15-7-3-6-11-18(15)14-8-12-21-17(13-14)9-4-2-5-10-17/h14-15H,2-13H2,1H3. The van der Waals surface area contributed by atoms with Crippen LogP contribution < -0.4 is 0 Å². The number of hydrogen-bond acceptors (Lipinski definition) is 4. The van der Waals surface area contributed by atoms with Crippen molar-refractivity contribution in [2.45, 2.75) is 81.9 Å². The monoisotopic (exact) mass is 295 g/mol.